The molecule has 2 aromatic rings. The van der Waals surface area contributed by atoms with Crippen molar-refractivity contribution in [2.24, 2.45) is 0 Å². The Labute approximate surface area is 127 Å². The average Bonchev–Trinajstić information content (AvgIpc) is 3.14. The van der Waals surface area contributed by atoms with Crippen LogP contribution in [0.3, 0.4) is 0 Å². The number of hydrogen-bond acceptors (Lipinski definition) is 4. The summed E-state index contributed by atoms with van der Waals surface area (Å²) in [5, 5.41) is 16.8. The molecule has 1 aliphatic heterocycles. The van der Waals surface area contributed by atoms with E-state index >= 15 is 0 Å². The largest absolute Gasteiger partial charge is 0.493 e. The highest BCUT2D eigenvalue weighted by molar-refractivity contribution is 7.07. The van der Waals surface area contributed by atoms with Gasteiger partial charge in [-0.15, -0.1) is 0 Å². The second-order valence-corrected chi connectivity index (χ2v) is 5.87. The molecule has 0 spiro atoms. The van der Waals surface area contributed by atoms with Gasteiger partial charge in [-0.25, -0.2) is 0 Å². The molecule has 0 aliphatic carbocycles. The van der Waals surface area contributed by atoms with Crippen molar-refractivity contribution in [1.29, 1.82) is 0 Å². The number of carbonyl (C=O) groups is 1. The number of aliphatic hydroxyl groups is 1. The topological polar surface area (TPSA) is 58.6 Å². The van der Waals surface area contributed by atoms with Crippen molar-refractivity contribution in [3.05, 3.63) is 51.7 Å². The van der Waals surface area contributed by atoms with E-state index in [-0.39, 0.29) is 12.5 Å². The molecular weight excluding hydrogens is 286 g/mol. The molecule has 1 aromatic carbocycles. The average molecular weight is 303 g/mol. The summed E-state index contributed by atoms with van der Waals surface area (Å²) in [6, 6.07) is 7.62. The Morgan fingerprint density at radius 1 is 1.43 bits per heavy atom. The molecular formula is C16H17NO3S. The lowest BCUT2D eigenvalue weighted by molar-refractivity contribution is -0.120. The van der Waals surface area contributed by atoms with Crippen LogP contribution in [0.5, 0.6) is 5.75 Å². The number of carbonyl (C=O) groups excluding carboxylic acids is 1. The molecule has 3 rings (SSSR count). The van der Waals surface area contributed by atoms with Crippen LogP contribution in [0.2, 0.25) is 0 Å². The second-order valence-electron chi connectivity index (χ2n) is 5.09. The molecule has 5 heteroatoms. The van der Waals surface area contributed by atoms with Crippen LogP contribution in [0.1, 0.15) is 22.8 Å². The number of thiophene rings is 1. The smallest absolute Gasteiger partial charge is 0.224 e. The Balaban J connectivity index is 1.54. The summed E-state index contributed by atoms with van der Waals surface area (Å²) in [6.07, 6.45) is 0.539. The third-order valence-corrected chi connectivity index (χ3v) is 4.27. The Bertz CT molecular complexity index is 624. The van der Waals surface area contributed by atoms with Crippen molar-refractivity contribution in [3.8, 4) is 5.75 Å². The van der Waals surface area contributed by atoms with Crippen LogP contribution in [0.15, 0.2) is 35.0 Å². The highest BCUT2D eigenvalue weighted by Crippen LogP contribution is 2.27. The maximum absolute atomic E-state index is 11.8. The standard InChI is InChI=1S/C16H17NO3S/c18-14(9-17-16(19)7-11-4-6-21-10-11)12-1-2-15-13(8-12)3-5-20-15/h1-2,4,6,8,10,14,18H,3,5,7,9H2,(H,17,19)/t14-/m1/s1. The van der Waals surface area contributed by atoms with Gasteiger partial charge in [-0.1, -0.05) is 6.07 Å². The molecule has 1 aromatic heterocycles. The fourth-order valence-corrected chi connectivity index (χ4v) is 3.05. The van der Waals surface area contributed by atoms with Gasteiger partial charge in [0.25, 0.3) is 0 Å². The van der Waals surface area contributed by atoms with Gasteiger partial charge in [0.05, 0.1) is 19.1 Å². The number of rotatable bonds is 5. The number of hydrogen-bond donors (Lipinski definition) is 2. The summed E-state index contributed by atoms with van der Waals surface area (Å²) in [4.78, 5) is 11.8. The zero-order valence-corrected chi connectivity index (χ0v) is 12.4. The second kappa shape index (κ2) is 6.28. The minimum absolute atomic E-state index is 0.0723. The first-order chi connectivity index (χ1) is 10.2. The van der Waals surface area contributed by atoms with Crippen LogP contribution >= 0.6 is 11.3 Å². The highest BCUT2D eigenvalue weighted by Gasteiger charge is 2.16. The Hall–Kier alpha value is -1.85. The molecule has 4 nitrogen and oxygen atoms in total. The zero-order valence-electron chi connectivity index (χ0n) is 11.5. The van der Waals surface area contributed by atoms with Crippen molar-refractivity contribution in [2.45, 2.75) is 18.9 Å². The molecule has 2 N–H and O–H groups in total. The minimum atomic E-state index is -0.692. The third-order valence-electron chi connectivity index (χ3n) is 3.54. The van der Waals surface area contributed by atoms with E-state index in [1.54, 1.807) is 11.3 Å². The number of amides is 1. The quantitative estimate of drug-likeness (QED) is 0.889. The van der Waals surface area contributed by atoms with E-state index in [9.17, 15) is 9.90 Å². The summed E-state index contributed by atoms with van der Waals surface area (Å²) < 4.78 is 5.44. The number of nitrogens with one attached hydrogen (secondary N) is 1. The predicted octanol–water partition coefficient (Wildman–Crippen LogP) is 2.08. The van der Waals surface area contributed by atoms with Crippen LogP contribution in [0.25, 0.3) is 0 Å². The van der Waals surface area contributed by atoms with E-state index < -0.39 is 6.10 Å². The van der Waals surface area contributed by atoms with Crippen LogP contribution in [0, 0.1) is 0 Å². The van der Waals surface area contributed by atoms with Gasteiger partial charge in [0.1, 0.15) is 5.75 Å². The predicted molar refractivity (Wildman–Crippen MR) is 81.6 cm³/mol. The van der Waals surface area contributed by atoms with E-state index in [1.165, 1.54) is 0 Å². The number of ether oxygens (including phenoxy) is 1. The van der Waals surface area contributed by atoms with E-state index in [0.717, 1.165) is 28.9 Å². The minimum Gasteiger partial charge on any atom is -0.493 e. The molecule has 1 aliphatic rings. The summed E-state index contributed by atoms with van der Waals surface area (Å²) in [6.45, 7) is 0.925. The van der Waals surface area contributed by atoms with Gasteiger partial charge in [-0.2, -0.15) is 11.3 Å². The Morgan fingerprint density at radius 2 is 2.33 bits per heavy atom. The molecule has 21 heavy (non-hydrogen) atoms. The van der Waals surface area contributed by atoms with Crippen molar-refractivity contribution in [1.82, 2.24) is 5.32 Å². The monoisotopic (exact) mass is 303 g/mol. The molecule has 0 saturated heterocycles. The first-order valence-corrected chi connectivity index (χ1v) is 7.88. The summed E-state index contributed by atoms with van der Waals surface area (Å²) >= 11 is 1.57. The third kappa shape index (κ3) is 3.43. The molecule has 0 radical (unpaired) electrons. The van der Waals surface area contributed by atoms with E-state index in [4.69, 9.17) is 4.74 Å². The maximum Gasteiger partial charge on any atom is 0.224 e. The zero-order chi connectivity index (χ0) is 14.7. The lowest BCUT2D eigenvalue weighted by Crippen LogP contribution is -2.29. The number of fused-ring (bicyclic) bond motifs is 1. The van der Waals surface area contributed by atoms with E-state index in [0.29, 0.717) is 13.0 Å². The fraction of sp³-hybridized carbons (Fsp3) is 0.312. The molecule has 1 atom stereocenters. The molecule has 2 heterocycles. The lowest BCUT2D eigenvalue weighted by atomic mass is 10.0. The van der Waals surface area contributed by atoms with E-state index in [2.05, 4.69) is 5.32 Å². The highest BCUT2D eigenvalue weighted by atomic mass is 32.1. The fourth-order valence-electron chi connectivity index (χ4n) is 2.38. The molecule has 110 valence electrons. The van der Waals surface area contributed by atoms with Gasteiger partial charge in [-0.3, -0.25) is 4.79 Å². The Kier molecular flexibility index (Phi) is 4.22. The lowest BCUT2D eigenvalue weighted by Gasteiger charge is -2.13. The molecule has 0 fully saturated rings. The van der Waals surface area contributed by atoms with Crippen LogP contribution in [0.4, 0.5) is 0 Å². The molecule has 0 saturated carbocycles. The number of benzene rings is 1. The molecule has 0 bridgehead atoms. The van der Waals surface area contributed by atoms with Crippen molar-refractivity contribution in [2.75, 3.05) is 13.2 Å². The van der Waals surface area contributed by atoms with Gasteiger partial charge in [0.15, 0.2) is 0 Å². The van der Waals surface area contributed by atoms with Crippen LogP contribution in [-0.4, -0.2) is 24.2 Å². The van der Waals surface area contributed by atoms with Gasteiger partial charge in [0, 0.05) is 13.0 Å². The van der Waals surface area contributed by atoms with E-state index in [1.807, 2.05) is 35.0 Å². The van der Waals surface area contributed by atoms with Crippen molar-refractivity contribution >= 4 is 17.2 Å². The maximum atomic E-state index is 11.8. The van der Waals surface area contributed by atoms with Crippen LogP contribution < -0.4 is 10.1 Å². The van der Waals surface area contributed by atoms with Gasteiger partial charge in [0.2, 0.25) is 5.91 Å². The van der Waals surface area contributed by atoms with Crippen molar-refractivity contribution < 1.29 is 14.6 Å². The normalized spacial score (nSPS) is 14.3. The van der Waals surface area contributed by atoms with Crippen molar-refractivity contribution in [3.63, 3.8) is 0 Å². The summed E-state index contributed by atoms with van der Waals surface area (Å²) in [5.41, 5.74) is 2.94. The first-order valence-electron chi connectivity index (χ1n) is 6.94. The van der Waals surface area contributed by atoms with Crippen LogP contribution in [-0.2, 0) is 17.6 Å². The first kappa shape index (κ1) is 14.1. The number of aliphatic hydroxyl groups excluding tert-OH is 1. The van der Waals surface area contributed by atoms with Gasteiger partial charge in [-0.05, 0) is 45.6 Å². The summed E-state index contributed by atoms with van der Waals surface area (Å²) in [5.74, 6) is 0.824. The van der Waals surface area contributed by atoms with Gasteiger partial charge >= 0.3 is 0 Å². The summed E-state index contributed by atoms with van der Waals surface area (Å²) in [7, 11) is 0. The molecule has 1 amide bonds. The SMILES string of the molecule is O=C(Cc1ccsc1)NC[C@@H](O)c1ccc2c(c1)CCO2. The van der Waals surface area contributed by atoms with Gasteiger partial charge < -0.3 is 15.2 Å². The Morgan fingerprint density at radius 3 is 3.14 bits per heavy atom. The molecule has 0 unspecified atom stereocenters.